The van der Waals surface area contributed by atoms with E-state index in [2.05, 4.69) is 45.8 Å². The Morgan fingerprint density at radius 2 is 1.59 bits per heavy atom. The molecule has 4 aromatic rings. The van der Waals surface area contributed by atoms with Crippen molar-refractivity contribution in [3.63, 3.8) is 0 Å². The van der Waals surface area contributed by atoms with Crippen molar-refractivity contribution >= 4 is 5.91 Å². The topological polar surface area (TPSA) is 70.4 Å². The lowest BCUT2D eigenvalue weighted by molar-refractivity contribution is -0.122. The van der Waals surface area contributed by atoms with Crippen molar-refractivity contribution in [2.45, 2.75) is 43.4 Å². The summed E-state index contributed by atoms with van der Waals surface area (Å²) in [6, 6.07) is 27.8. The van der Waals surface area contributed by atoms with Gasteiger partial charge in [0.25, 0.3) is 0 Å². The summed E-state index contributed by atoms with van der Waals surface area (Å²) in [7, 11) is 0. The van der Waals surface area contributed by atoms with Gasteiger partial charge in [-0.15, -0.1) is 0 Å². The molecule has 0 bridgehead atoms. The van der Waals surface area contributed by atoms with Crippen LogP contribution in [-0.4, -0.2) is 44.9 Å². The molecule has 2 heterocycles. The number of rotatable bonds is 6. The predicted octanol–water partition coefficient (Wildman–Crippen LogP) is 4.18. The average Bonchev–Trinajstić information content (AvgIpc) is 3.49. The molecule has 0 radical (unpaired) electrons. The maximum Gasteiger partial charge on any atom is 0.224 e. The molecule has 2 aliphatic rings. The fourth-order valence-corrected chi connectivity index (χ4v) is 6.13. The third kappa shape index (κ3) is 4.59. The number of benzene rings is 3. The molecule has 1 aliphatic heterocycles. The lowest BCUT2D eigenvalue weighted by Crippen LogP contribution is -2.49. The molecule has 2 N–H and O–H groups in total. The zero-order valence-electron chi connectivity index (χ0n) is 20.8. The quantitative estimate of drug-likeness (QED) is 0.424. The zero-order chi connectivity index (χ0) is 25.2. The van der Waals surface area contributed by atoms with Gasteiger partial charge >= 0.3 is 0 Å². The first kappa shape index (κ1) is 23.6. The van der Waals surface area contributed by atoms with Gasteiger partial charge in [-0.3, -0.25) is 9.69 Å². The number of hydrogen-bond acceptors (Lipinski definition) is 4. The SMILES string of the molecule is O=C(Cc1ccccc1)N[C@@H]1c2ccccc2C2(CCN(Cc3cnn(-c4ccccc4)c3)CC2)[C@H]1O. The van der Waals surface area contributed by atoms with Gasteiger partial charge in [-0.1, -0.05) is 72.8 Å². The van der Waals surface area contributed by atoms with E-state index >= 15 is 0 Å². The average molecular weight is 493 g/mol. The van der Waals surface area contributed by atoms with Gasteiger partial charge in [-0.05, 0) is 54.8 Å². The van der Waals surface area contributed by atoms with Gasteiger partial charge in [-0.25, -0.2) is 4.68 Å². The molecule has 37 heavy (non-hydrogen) atoms. The first-order chi connectivity index (χ1) is 18.1. The Morgan fingerprint density at radius 1 is 0.919 bits per heavy atom. The monoisotopic (exact) mass is 492 g/mol. The lowest BCUT2D eigenvalue weighted by atomic mass is 9.72. The summed E-state index contributed by atoms with van der Waals surface area (Å²) in [5.41, 5.74) is 5.10. The fraction of sp³-hybridized carbons (Fsp3) is 0.290. The van der Waals surface area contributed by atoms with Crippen molar-refractivity contribution in [1.82, 2.24) is 20.0 Å². The van der Waals surface area contributed by atoms with Crippen LogP contribution < -0.4 is 5.32 Å². The Balaban J connectivity index is 1.14. The van der Waals surface area contributed by atoms with Crippen molar-refractivity contribution in [3.8, 4) is 5.69 Å². The van der Waals surface area contributed by atoms with Crippen molar-refractivity contribution in [2.24, 2.45) is 0 Å². The Morgan fingerprint density at radius 3 is 2.35 bits per heavy atom. The number of para-hydroxylation sites is 1. The van der Waals surface area contributed by atoms with Crippen LogP contribution in [0.5, 0.6) is 0 Å². The molecule has 188 valence electrons. The molecule has 1 fully saturated rings. The van der Waals surface area contributed by atoms with Crippen LogP contribution in [0.1, 0.15) is 41.1 Å². The molecule has 6 nitrogen and oxygen atoms in total. The molecule has 0 saturated carbocycles. The number of aromatic nitrogens is 2. The third-order valence-corrected chi connectivity index (χ3v) is 8.05. The summed E-state index contributed by atoms with van der Waals surface area (Å²) < 4.78 is 1.92. The Labute approximate surface area is 217 Å². The number of nitrogens with one attached hydrogen (secondary N) is 1. The van der Waals surface area contributed by atoms with Gasteiger partial charge in [0.05, 0.1) is 30.5 Å². The Bertz CT molecular complexity index is 1360. The summed E-state index contributed by atoms with van der Waals surface area (Å²) in [6.07, 6.45) is 5.40. The summed E-state index contributed by atoms with van der Waals surface area (Å²) in [4.78, 5) is 15.4. The molecule has 1 spiro atoms. The standard InChI is InChI=1S/C31H32N4O2/c36-28(19-23-9-3-1-4-10-23)33-29-26-13-7-8-14-27(26)31(30(29)37)15-17-34(18-16-31)21-24-20-32-35(22-24)25-11-5-2-6-12-25/h1-14,20,22,29-30,37H,15-19,21H2,(H,33,36)/t29-,30+/m1/s1. The molecule has 6 rings (SSSR count). The van der Waals surface area contributed by atoms with Gasteiger partial charge in [-0.2, -0.15) is 5.10 Å². The van der Waals surface area contributed by atoms with Crippen molar-refractivity contribution < 1.29 is 9.90 Å². The van der Waals surface area contributed by atoms with E-state index in [1.807, 2.05) is 71.5 Å². The molecule has 1 aromatic heterocycles. The van der Waals surface area contributed by atoms with Crippen LogP contribution in [0, 0.1) is 0 Å². The number of carbonyl (C=O) groups excluding carboxylic acids is 1. The summed E-state index contributed by atoms with van der Waals surface area (Å²) in [5, 5.41) is 19.4. The molecule has 1 saturated heterocycles. The van der Waals surface area contributed by atoms with Crippen LogP contribution in [-0.2, 0) is 23.2 Å². The number of carbonyl (C=O) groups is 1. The first-order valence-corrected chi connectivity index (χ1v) is 13.0. The molecule has 1 amide bonds. The third-order valence-electron chi connectivity index (χ3n) is 8.05. The second-order valence-electron chi connectivity index (χ2n) is 10.3. The van der Waals surface area contributed by atoms with Crippen LogP contribution in [0.3, 0.4) is 0 Å². The number of amides is 1. The number of aliphatic hydroxyl groups is 1. The van der Waals surface area contributed by atoms with Gasteiger partial charge in [0.1, 0.15) is 0 Å². The number of nitrogens with zero attached hydrogens (tertiary/aromatic N) is 3. The van der Waals surface area contributed by atoms with E-state index in [0.29, 0.717) is 6.42 Å². The molecule has 6 heteroatoms. The Hall–Kier alpha value is -3.74. The van der Waals surface area contributed by atoms with E-state index in [0.717, 1.165) is 49.3 Å². The second kappa shape index (κ2) is 9.96. The maximum absolute atomic E-state index is 12.9. The highest BCUT2D eigenvalue weighted by Crippen LogP contribution is 2.51. The lowest BCUT2D eigenvalue weighted by Gasteiger charge is -2.42. The Kier molecular flexibility index (Phi) is 6.37. The van der Waals surface area contributed by atoms with E-state index in [-0.39, 0.29) is 17.4 Å². The minimum absolute atomic E-state index is 0.0602. The smallest absolute Gasteiger partial charge is 0.224 e. The molecule has 0 unspecified atom stereocenters. The number of fused-ring (bicyclic) bond motifs is 2. The number of aliphatic hydroxyl groups excluding tert-OH is 1. The van der Waals surface area contributed by atoms with E-state index in [9.17, 15) is 9.90 Å². The molecule has 2 atom stereocenters. The molecule has 1 aliphatic carbocycles. The van der Waals surface area contributed by atoms with E-state index in [1.54, 1.807) is 0 Å². The van der Waals surface area contributed by atoms with Gasteiger partial charge in [0, 0.05) is 23.7 Å². The first-order valence-electron chi connectivity index (χ1n) is 13.0. The minimum Gasteiger partial charge on any atom is -0.390 e. The van der Waals surface area contributed by atoms with E-state index < -0.39 is 6.10 Å². The summed E-state index contributed by atoms with van der Waals surface area (Å²) >= 11 is 0. The summed E-state index contributed by atoms with van der Waals surface area (Å²) in [5.74, 6) is -0.0602. The molecular formula is C31H32N4O2. The number of hydrogen-bond donors (Lipinski definition) is 2. The van der Waals surface area contributed by atoms with Crippen LogP contribution >= 0.6 is 0 Å². The van der Waals surface area contributed by atoms with Gasteiger partial charge in [0.15, 0.2) is 0 Å². The van der Waals surface area contributed by atoms with Crippen molar-refractivity contribution in [3.05, 3.63) is 120 Å². The molecule has 3 aromatic carbocycles. The van der Waals surface area contributed by atoms with E-state index in [4.69, 9.17) is 0 Å². The second-order valence-corrected chi connectivity index (χ2v) is 10.3. The largest absolute Gasteiger partial charge is 0.390 e. The highest BCUT2D eigenvalue weighted by atomic mass is 16.3. The highest BCUT2D eigenvalue weighted by molar-refractivity contribution is 5.79. The normalized spacial score (nSPS) is 20.6. The fourth-order valence-electron chi connectivity index (χ4n) is 6.13. The van der Waals surface area contributed by atoms with E-state index in [1.165, 1.54) is 11.1 Å². The van der Waals surface area contributed by atoms with Crippen LogP contribution in [0.25, 0.3) is 5.69 Å². The van der Waals surface area contributed by atoms with Crippen LogP contribution in [0.15, 0.2) is 97.3 Å². The number of likely N-dealkylation sites (tertiary alicyclic amines) is 1. The van der Waals surface area contributed by atoms with Crippen molar-refractivity contribution in [2.75, 3.05) is 13.1 Å². The van der Waals surface area contributed by atoms with Crippen LogP contribution in [0.4, 0.5) is 0 Å². The summed E-state index contributed by atoms with van der Waals surface area (Å²) in [6.45, 7) is 2.59. The zero-order valence-corrected chi connectivity index (χ0v) is 20.8. The maximum atomic E-state index is 12.9. The van der Waals surface area contributed by atoms with Gasteiger partial charge < -0.3 is 10.4 Å². The van der Waals surface area contributed by atoms with Gasteiger partial charge in [0.2, 0.25) is 5.91 Å². The van der Waals surface area contributed by atoms with Crippen molar-refractivity contribution in [1.29, 1.82) is 0 Å². The minimum atomic E-state index is -0.646. The predicted molar refractivity (Wildman–Crippen MR) is 143 cm³/mol. The highest BCUT2D eigenvalue weighted by Gasteiger charge is 2.52. The molecular weight excluding hydrogens is 460 g/mol. The van der Waals surface area contributed by atoms with Crippen LogP contribution in [0.2, 0.25) is 0 Å². The number of piperidine rings is 1.